The van der Waals surface area contributed by atoms with Crippen molar-refractivity contribution in [2.24, 2.45) is 0 Å². The van der Waals surface area contributed by atoms with E-state index in [2.05, 4.69) is 55.2 Å². The fourth-order valence-corrected chi connectivity index (χ4v) is 4.14. The molecule has 0 amide bonds. The van der Waals surface area contributed by atoms with E-state index in [9.17, 15) is 0 Å². The molecule has 160 valence electrons. The molecule has 1 aliphatic heterocycles. The molecule has 1 aliphatic rings. The summed E-state index contributed by atoms with van der Waals surface area (Å²) in [5.74, 6) is 1.99. The van der Waals surface area contributed by atoms with E-state index in [0.717, 1.165) is 59.6 Å². The molecule has 5 aromatic rings. The van der Waals surface area contributed by atoms with Gasteiger partial charge in [-0.05, 0) is 49.5 Å². The number of hydrogen-bond donors (Lipinski definition) is 2. The van der Waals surface area contributed by atoms with Gasteiger partial charge in [0.1, 0.15) is 11.4 Å². The second-order valence-corrected chi connectivity index (χ2v) is 8.13. The summed E-state index contributed by atoms with van der Waals surface area (Å²) in [6.45, 7) is 4.22. The highest BCUT2D eigenvalue weighted by molar-refractivity contribution is 5.94. The number of nitrogens with one attached hydrogen (secondary N) is 2. The lowest BCUT2D eigenvalue weighted by molar-refractivity contribution is 0.313. The number of piperazine rings is 1. The van der Waals surface area contributed by atoms with Crippen LogP contribution in [0.3, 0.4) is 0 Å². The molecule has 2 aromatic carbocycles. The van der Waals surface area contributed by atoms with Gasteiger partial charge in [0.05, 0.1) is 16.6 Å². The summed E-state index contributed by atoms with van der Waals surface area (Å²) in [4.78, 5) is 17.3. The number of aromatic amines is 2. The van der Waals surface area contributed by atoms with Crippen molar-refractivity contribution in [1.82, 2.24) is 30.0 Å². The van der Waals surface area contributed by atoms with E-state index in [1.54, 1.807) is 6.20 Å². The number of aromatic nitrogens is 5. The molecule has 1 fully saturated rings. The molecule has 0 bridgehead atoms. The van der Waals surface area contributed by atoms with Crippen LogP contribution >= 0.6 is 0 Å². The van der Waals surface area contributed by atoms with E-state index in [1.807, 2.05) is 36.4 Å². The van der Waals surface area contributed by atoms with Crippen LogP contribution in [0.25, 0.3) is 33.5 Å². The van der Waals surface area contributed by atoms with Gasteiger partial charge in [0, 0.05) is 49.5 Å². The number of H-pyrrole nitrogens is 2. The first kappa shape index (κ1) is 18.8. The second kappa shape index (κ2) is 7.65. The number of likely N-dealkylation sites (N-methyl/N-ethyl adjacent to an activating group) is 1. The molecule has 1 saturated heterocycles. The molecule has 8 nitrogen and oxygen atoms in total. The monoisotopic (exact) mass is 425 g/mol. The van der Waals surface area contributed by atoms with Crippen LogP contribution < -0.4 is 9.64 Å². The van der Waals surface area contributed by atoms with Crippen LogP contribution in [0.1, 0.15) is 0 Å². The number of fused-ring (bicyclic) bond motifs is 2. The van der Waals surface area contributed by atoms with Crippen molar-refractivity contribution in [3.8, 4) is 23.1 Å². The number of rotatable bonds is 4. The Morgan fingerprint density at radius 3 is 2.69 bits per heavy atom. The summed E-state index contributed by atoms with van der Waals surface area (Å²) in [7, 11) is 2.17. The van der Waals surface area contributed by atoms with E-state index in [1.165, 1.54) is 5.69 Å². The minimum atomic E-state index is 0.553. The molecule has 0 unspecified atom stereocenters. The first-order valence-electron chi connectivity index (χ1n) is 10.7. The maximum Gasteiger partial charge on any atom is 0.219 e. The number of hydrogen-bond acceptors (Lipinski definition) is 6. The quantitative estimate of drug-likeness (QED) is 0.452. The lowest BCUT2D eigenvalue weighted by Gasteiger charge is -2.34. The van der Waals surface area contributed by atoms with Crippen molar-refractivity contribution in [2.45, 2.75) is 0 Å². The Morgan fingerprint density at radius 2 is 1.84 bits per heavy atom. The first-order valence-corrected chi connectivity index (χ1v) is 10.7. The van der Waals surface area contributed by atoms with Crippen molar-refractivity contribution in [3.05, 3.63) is 60.8 Å². The van der Waals surface area contributed by atoms with Crippen molar-refractivity contribution < 1.29 is 4.74 Å². The number of benzene rings is 2. The SMILES string of the molecule is CN1CCN(c2ccc3nc(-c4n[nH]c5ccc(Oc6ccccn6)cc45)[nH]c3c2)CC1. The van der Waals surface area contributed by atoms with Gasteiger partial charge in [-0.15, -0.1) is 0 Å². The number of imidazole rings is 1. The molecule has 4 heterocycles. The summed E-state index contributed by atoms with van der Waals surface area (Å²) in [5.41, 5.74) is 4.85. The average Bonchev–Trinajstić information content (AvgIpc) is 3.43. The topological polar surface area (TPSA) is 86.0 Å². The van der Waals surface area contributed by atoms with Gasteiger partial charge in [-0.3, -0.25) is 5.10 Å². The van der Waals surface area contributed by atoms with E-state index in [-0.39, 0.29) is 0 Å². The van der Waals surface area contributed by atoms with E-state index < -0.39 is 0 Å². The molecule has 0 atom stereocenters. The maximum atomic E-state index is 5.90. The van der Waals surface area contributed by atoms with Crippen LogP contribution in [0, 0.1) is 0 Å². The summed E-state index contributed by atoms with van der Waals surface area (Å²) in [6.07, 6.45) is 1.71. The average molecular weight is 425 g/mol. The normalized spacial score (nSPS) is 15.0. The number of pyridine rings is 1. The highest BCUT2D eigenvalue weighted by Crippen LogP contribution is 2.31. The van der Waals surface area contributed by atoms with Crippen molar-refractivity contribution in [3.63, 3.8) is 0 Å². The van der Waals surface area contributed by atoms with Gasteiger partial charge in [-0.2, -0.15) is 5.10 Å². The first-order chi connectivity index (χ1) is 15.7. The van der Waals surface area contributed by atoms with E-state index in [0.29, 0.717) is 11.6 Å². The van der Waals surface area contributed by atoms with Crippen LogP contribution in [0.15, 0.2) is 60.8 Å². The lowest BCUT2D eigenvalue weighted by atomic mass is 10.2. The van der Waals surface area contributed by atoms with E-state index >= 15 is 0 Å². The van der Waals surface area contributed by atoms with Gasteiger partial charge in [-0.25, -0.2) is 9.97 Å². The summed E-state index contributed by atoms with van der Waals surface area (Å²) in [6, 6.07) is 17.8. The smallest absolute Gasteiger partial charge is 0.219 e. The molecule has 6 rings (SSSR count). The standard InChI is InChI=1S/C24H23N7O/c1-30-10-12-31(13-11-30)16-5-7-20-21(14-16)27-24(26-20)23-18-15-17(6-8-19(18)28-29-23)32-22-4-2-3-9-25-22/h2-9,14-15H,10-13H2,1H3,(H,26,27)(H,28,29). The largest absolute Gasteiger partial charge is 0.439 e. The van der Waals surface area contributed by atoms with Crippen LogP contribution in [0.4, 0.5) is 5.69 Å². The summed E-state index contributed by atoms with van der Waals surface area (Å²) >= 11 is 0. The van der Waals surface area contributed by atoms with Gasteiger partial charge >= 0.3 is 0 Å². The Bertz CT molecular complexity index is 1380. The fourth-order valence-electron chi connectivity index (χ4n) is 4.14. The van der Waals surface area contributed by atoms with E-state index in [4.69, 9.17) is 9.72 Å². The highest BCUT2D eigenvalue weighted by atomic mass is 16.5. The maximum absolute atomic E-state index is 5.90. The Balaban J connectivity index is 1.34. The van der Waals surface area contributed by atoms with Gasteiger partial charge in [0.2, 0.25) is 5.88 Å². The van der Waals surface area contributed by atoms with Crippen LogP contribution in [0.5, 0.6) is 11.6 Å². The molecular formula is C24H23N7O. The van der Waals surface area contributed by atoms with Gasteiger partial charge < -0.3 is 19.5 Å². The Hall–Kier alpha value is -3.91. The molecular weight excluding hydrogens is 402 g/mol. The highest BCUT2D eigenvalue weighted by Gasteiger charge is 2.17. The number of nitrogens with zero attached hydrogens (tertiary/aromatic N) is 5. The minimum absolute atomic E-state index is 0.553. The molecule has 32 heavy (non-hydrogen) atoms. The Morgan fingerprint density at radius 1 is 0.938 bits per heavy atom. The molecule has 8 heteroatoms. The molecule has 2 N–H and O–H groups in total. The van der Waals surface area contributed by atoms with Crippen molar-refractivity contribution in [1.29, 1.82) is 0 Å². The van der Waals surface area contributed by atoms with Crippen molar-refractivity contribution >= 4 is 27.6 Å². The third-order valence-electron chi connectivity index (χ3n) is 5.95. The molecule has 0 radical (unpaired) electrons. The summed E-state index contributed by atoms with van der Waals surface area (Å²) < 4.78 is 5.90. The fraction of sp³-hybridized carbons (Fsp3) is 0.208. The second-order valence-electron chi connectivity index (χ2n) is 8.13. The third kappa shape index (κ3) is 3.44. The third-order valence-corrected chi connectivity index (χ3v) is 5.95. The zero-order valence-electron chi connectivity index (χ0n) is 17.7. The predicted molar refractivity (Wildman–Crippen MR) is 125 cm³/mol. The van der Waals surface area contributed by atoms with Crippen LogP contribution in [-0.4, -0.2) is 63.3 Å². The molecule has 0 saturated carbocycles. The molecule has 0 spiro atoms. The Labute approximate surface area is 184 Å². The zero-order valence-corrected chi connectivity index (χ0v) is 17.7. The van der Waals surface area contributed by atoms with Gasteiger partial charge in [-0.1, -0.05) is 6.07 Å². The predicted octanol–water partition coefficient (Wildman–Crippen LogP) is 4.05. The van der Waals surface area contributed by atoms with Gasteiger partial charge in [0.15, 0.2) is 5.82 Å². The van der Waals surface area contributed by atoms with Crippen LogP contribution in [-0.2, 0) is 0 Å². The van der Waals surface area contributed by atoms with Gasteiger partial charge in [0.25, 0.3) is 0 Å². The number of anilines is 1. The zero-order chi connectivity index (χ0) is 21.5. The van der Waals surface area contributed by atoms with Crippen LogP contribution in [0.2, 0.25) is 0 Å². The number of ether oxygens (including phenoxy) is 1. The van der Waals surface area contributed by atoms with Crippen molar-refractivity contribution in [2.75, 3.05) is 38.1 Å². The Kier molecular flexibility index (Phi) is 4.50. The summed E-state index contributed by atoms with van der Waals surface area (Å²) in [5, 5.41) is 8.56. The lowest BCUT2D eigenvalue weighted by Crippen LogP contribution is -2.44. The molecule has 0 aliphatic carbocycles. The minimum Gasteiger partial charge on any atom is -0.439 e. The molecule has 3 aromatic heterocycles.